The van der Waals surface area contributed by atoms with Crippen LogP contribution in [-0.4, -0.2) is 41.3 Å². The van der Waals surface area contributed by atoms with Gasteiger partial charge in [-0.2, -0.15) is 0 Å². The summed E-state index contributed by atoms with van der Waals surface area (Å²) < 4.78 is 4.50. The van der Waals surface area contributed by atoms with Crippen LogP contribution in [0, 0.1) is 0 Å². The van der Waals surface area contributed by atoms with Crippen LogP contribution < -0.4 is 0 Å². The minimum atomic E-state index is -0.920. The minimum absolute atomic E-state index is 0.311. The molecule has 0 atom stereocenters. The normalized spacial score (nSPS) is 10.0. The highest BCUT2D eigenvalue weighted by molar-refractivity contribution is 5.94. The first-order valence-electron chi connectivity index (χ1n) is 3.50. The van der Waals surface area contributed by atoms with E-state index in [9.17, 15) is 9.59 Å². The zero-order valence-corrected chi connectivity index (χ0v) is 6.82. The monoisotopic (exact) mass is 176 g/mol. The maximum absolute atomic E-state index is 10.7. The summed E-state index contributed by atoms with van der Waals surface area (Å²) in [6, 6.07) is 0. The fraction of sp³-hybridized carbons (Fsp3) is 0.714. The van der Waals surface area contributed by atoms with Crippen LogP contribution in [0.1, 0.15) is 13.3 Å². The molecule has 0 aromatic carbocycles. The van der Waals surface area contributed by atoms with Crippen LogP contribution in [0.15, 0.2) is 0 Å². The predicted molar refractivity (Wildman–Crippen MR) is 39.3 cm³/mol. The van der Waals surface area contributed by atoms with Gasteiger partial charge in [0.25, 0.3) is 0 Å². The smallest absolute Gasteiger partial charge is 0.313 e. The van der Waals surface area contributed by atoms with Crippen molar-refractivity contribution in [2.45, 2.75) is 19.4 Å². The third kappa shape index (κ3) is 4.81. The van der Waals surface area contributed by atoms with Crippen molar-refractivity contribution in [2.75, 3.05) is 13.2 Å². The van der Waals surface area contributed by atoms with Crippen LogP contribution in [0.5, 0.6) is 0 Å². The van der Waals surface area contributed by atoms with Gasteiger partial charge in [0.05, 0.1) is 13.2 Å². The number of carbonyl (C=O) groups excluding carboxylic acids is 2. The second kappa shape index (κ2) is 5.68. The van der Waals surface area contributed by atoms with Crippen molar-refractivity contribution in [3.8, 4) is 0 Å². The van der Waals surface area contributed by atoms with Gasteiger partial charge in [0, 0.05) is 0 Å². The van der Waals surface area contributed by atoms with E-state index in [0.29, 0.717) is 0 Å². The highest BCUT2D eigenvalue weighted by Gasteiger charge is 2.13. The van der Waals surface area contributed by atoms with Gasteiger partial charge in [-0.25, -0.2) is 0 Å². The van der Waals surface area contributed by atoms with E-state index in [1.807, 2.05) is 0 Å². The summed E-state index contributed by atoms with van der Waals surface area (Å²) in [4.78, 5) is 21.1. The number of hydrogen-bond donors (Lipinski definition) is 2. The summed E-state index contributed by atoms with van der Waals surface area (Å²) in [6.45, 7) is 0.369. The number of carbonyl (C=O) groups is 2. The van der Waals surface area contributed by atoms with Gasteiger partial charge in [0.1, 0.15) is 18.3 Å². The summed E-state index contributed by atoms with van der Waals surface area (Å²) in [7, 11) is 0. The van der Waals surface area contributed by atoms with Crippen molar-refractivity contribution in [2.24, 2.45) is 0 Å². The zero-order valence-electron chi connectivity index (χ0n) is 6.82. The molecule has 2 N–H and O–H groups in total. The standard InChI is InChI=1S/C7H12O5/c1-5(10)2-7(11)12-6(3-8)4-9/h6,8-9H,2-4H2,1H3. The maximum atomic E-state index is 10.7. The molecule has 5 heteroatoms. The van der Waals surface area contributed by atoms with Crippen LogP contribution in [0.4, 0.5) is 0 Å². The molecule has 0 radical (unpaired) electrons. The Labute approximate surface area is 70.0 Å². The number of aliphatic hydroxyl groups excluding tert-OH is 2. The Morgan fingerprint density at radius 3 is 2.17 bits per heavy atom. The van der Waals surface area contributed by atoms with E-state index in [-0.39, 0.29) is 12.2 Å². The lowest BCUT2D eigenvalue weighted by atomic mass is 10.3. The first-order chi connectivity index (χ1) is 5.60. The molecule has 0 aliphatic heterocycles. The predicted octanol–water partition coefficient (Wildman–Crippen LogP) is -1.14. The molecule has 0 bridgehead atoms. The molecule has 0 saturated carbocycles. The summed E-state index contributed by atoms with van der Waals surface area (Å²) >= 11 is 0. The van der Waals surface area contributed by atoms with Gasteiger partial charge >= 0.3 is 5.97 Å². The molecule has 70 valence electrons. The topological polar surface area (TPSA) is 83.8 Å². The van der Waals surface area contributed by atoms with Crippen LogP contribution in [0.25, 0.3) is 0 Å². The quantitative estimate of drug-likeness (QED) is 0.408. The molecule has 0 rings (SSSR count). The van der Waals surface area contributed by atoms with E-state index >= 15 is 0 Å². The van der Waals surface area contributed by atoms with Crippen LogP contribution in [0.3, 0.4) is 0 Å². The van der Waals surface area contributed by atoms with Crippen LogP contribution >= 0.6 is 0 Å². The van der Waals surface area contributed by atoms with E-state index in [1.165, 1.54) is 6.92 Å². The van der Waals surface area contributed by atoms with Gasteiger partial charge in [0.2, 0.25) is 0 Å². The largest absolute Gasteiger partial charge is 0.457 e. The van der Waals surface area contributed by atoms with Crippen molar-refractivity contribution in [3.05, 3.63) is 0 Å². The Morgan fingerprint density at radius 1 is 1.33 bits per heavy atom. The molecule has 0 heterocycles. The molecule has 0 fully saturated rings. The maximum Gasteiger partial charge on any atom is 0.313 e. The summed E-state index contributed by atoms with van der Waals surface area (Å²) in [6.07, 6.45) is -1.24. The number of rotatable bonds is 5. The van der Waals surface area contributed by atoms with Gasteiger partial charge in [-0.1, -0.05) is 0 Å². The van der Waals surface area contributed by atoms with E-state index < -0.39 is 25.3 Å². The molecule has 0 aromatic heterocycles. The summed E-state index contributed by atoms with van der Waals surface area (Å²) in [5.74, 6) is -1.04. The Bertz CT molecular complexity index is 161. The lowest BCUT2D eigenvalue weighted by Gasteiger charge is -2.11. The molecule has 0 aromatic rings. The first kappa shape index (κ1) is 11.1. The van der Waals surface area contributed by atoms with Crippen molar-refractivity contribution < 1.29 is 24.5 Å². The van der Waals surface area contributed by atoms with Crippen LogP contribution in [0.2, 0.25) is 0 Å². The Balaban J connectivity index is 3.74. The Kier molecular flexibility index (Phi) is 5.23. The molecule has 0 amide bonds. The minimum Gasteiger partial charge on any atom is -0.457 e. The highest BCUT2D eigenvalue weighted by Crippen LogP contribution is 1.94. The lowest BCUT2D eigenvalue weighted by molar-refractivity contribution is -0.154. The third-order valence-electron chi connectivity index (χ3n) is 1.10. The summed E-state index contributed by atoms with van der Waals surface area (Å²) in [5.41, 5.74) is 0. The van der Waals surface area contributed by atoms with Gasteiger partial charge in [-0.05, 0) is 6.92 Å². The number of aliphatic hydroxyl groups is 2. The van der Waals surface area contributed by atoms with Crippen molar-refractivity contribution >= 4 is 11.8 Å². The fourth-order valence-electron chi connectivity index (χ4n) is 0.563. The molecule has 0 saturated heterocycles. The van der Waals surface area contributed by atoms with Crippen molar-refractivity contribution in [1.82, 2.24) is 0 Å². The Hall–Kier alpha value is -0.940. The number of ether oxygens (including phenoxy) is 1. The molecular formula is C7H12O5. The SMILES string of the molecule is CC(=O)CC(=O)OC(CO)CO. The van der Waals surface area contributed by atoms with Gasteiger partial charge in [0.15, 0.2) is 0 Å². The van der Waals surface area contributed by atoms with E-state index in [2.05, 4.69) is 4.74 Å². The highest BCUT2D eigenvalue weighted by atomic mass is 16.6. The molecule has 0 unspecified atom stereocenters. The zero-order chi connectivity index (χ0) is 9.56. The fourth-order valence-corrected chi connectivity index (χ4v) is 0.563. The third-order valence-corrected chi connectivity index (χ3v) is 1.10. The van der Waals surface area contributed by atoms with E-state index in [1.54, 1.807) is 0 Å². The molecule has 0 aliphatic rings. The average Bonchev–Trinajstić information content (AvgIpc) is 1.98. The average molecular weight is 176 g/mol. The van der Waals surface area contributed by atoms with Crippen molar-refractivity contribution in [3.63, 3.8) is 0 Å². The number of Topliss-reactive ketones (excluding diaryl/α,β-unsaturated/α-hetero) is 1. The van der Waals surface area contributed by atoms with Gasteiger partial charge in [-0.15, -0.1) is 0 Å². The van der Waals surface area contributed by atoms with E-state index in [4.69, 9.17) is 10.2 Å². The van der Waals surface area contributed by atoms with Gasteiger partial charge < -0.3 is 14.9 Å². The Morgan fingerprint density at radius 2 is 1.83 bits per heavy atom. The number of ketones is 1. The second-order valence-corrected chi connectivity index (χ2v) is 2.36. The van der Waals surface area contributed by atoms with Crippen LogP contribution in [-0.2, 0) is 14.3 Å². The first-order valence-corrected chi connectivity index (χ1v) is 3.50. The summed E-state index contributed by atoms with van der Waals surface area (Å²) in [5, 5.41) is 17.0. The number of esters is 1. The molecule has 0 spiro atoms. The lowest BCUT2D eigenvalue weighted by Crippen LogP contribution is -2.26. The van der Waals surface area contributed by atoms with Gasteiger partial charge in [-0.3, -0.25) is 9.59 Å². The van der Waals surface area contributed by atoms with Crippen molar-refractivity contribution in [1.29, 1.82) is 0 Å². The molecular weight excluding hydrogens is 164 g/mol. The number of hydrogen-bond acceptors (Lipinski definition) is 5. The molecule has 12 heavy (non-hydrogen) atoms. The van der Waals surface area contributed by atoms with E-state index in [0.717, 1.165) is 0 Å². The molecule has 5 nitrogen and oxygen atoms in total. The second-order valence-electron chi connectivity index (χ2n) is 2.36. The molecule has 0 aliphatic carbocycles.